The molecule has 0 aliphatic heterocycles. The van der Waals surface area contributed by atoms with E-state index in [0.717, 1.165) is 11.3 Å². The van der Waals surface area contributed by atoms with Crippen LogP contribution in [0.1, 0.15) is 21.6 Å². The fourth-order valence-electron chi connectivity index (χ4n) is 2.08. The zero-order valence-electron chi connectivity index (χ0n) is 14.1. The van der Waals surface area contributed by atoms with Crippen molar-refractivity contribution in [1.29, 1.82) is 0 Å². The summed E-state index contributed by atoms with van der Waals surface area (Å²) in [5.41, 5.74) is 2.57. The van der Waals surface area contributed by atoms with Crippen molar-refractivity contribution in [2.24, 2.45) is 0 Å². The molecule has 25 heavy (non-hydrogen) atoms. The molecule has 2 aromatic rings. The predicted octanol–water partition coefficient (Wildman–Crippen LogP) is 1.05. The summed E-state index contributed by atoms with van der Waals surface area (Å²) in [5.74, 6) is -0.875. The molecule has 0 atom stereocenters. The van der Waals surface area contributed by atoms with E-state index in [1.807, 2.05) is 19.1 Å². The van der Waals surface area contributed by atoms with E-state index in [-0.39, 0.29) is 30.7 Å². The fourth-order valence-corrected chi connectivity index (χ4v) is 2.08. The van der Waals surface area contributed by atoms with Crippen LogP contribution in [-0.4, -0.2) is 36.3 Å². The molecule has 1 heterocycles. The minimum atomic E-state index is -0.387. The Balaban J connectivity index is 1.96. The second kappa shape index (κ2) is 8.58. The van der Waals surface area contributed by atoms with E-state index in [1.54, 1.807) is 30.5 Å². The number of aromatic nitrogens is 1. The van der Waals surface area contributed by atoms with Crippen LogP contribution < -0.4 is 16.0 Å². The average molecular weight is 340 g/mol. The summed E-state index contributed by atoms with van der Waals surface area (Å²) in [6.45, 7) is 1.77. The molecule has 0 saturated heterocycles. The Labute approximate surface area is 145 Å². The number of amides is 3. The number of nitrogens with one attached hydrogen (secondary N) is 3. The molecule has 0 radical (unpaired) electrons. The number of anilines is 1. The van der Waals surface area contributed by atoms with Gasteiger partial charge in [-0.25, -0.2) is 0 Å². The van der Waals surface area contributed by atoms with Crippen molar-refractivity contribution in [2.45, 2.75) is 13.3 Å². The van der Waals surface area contributed by atoms with Crippen LogP contribution in [0.15, 0.2) is 42.6 Å². The fraction of sp³-hybridized carbons (Fsp3) is 0.222. The number of nitrogens with zero attached hydrogens (tertiary/aromatic N) is 1. The van der Waals surface area contributed by atoms with Crippen molar-refractivity contribution >= 4 is 23.4 Å². The first-order valence-electron chi connectivity index (χ1n) is 7.78. The van der Waals surface area contributed by atoms with Crippen molar-refractivity contribution < 1.29 is 14.4 Å². The Kier molecular flexibility index (Phi) is 6.22. The smallest absolute Gasteiger partial charge is 0.251 e. The van der Waals surface area contributed by atoms with Crippen molar-refractivity contribution in [1.82, 2.24) is 15.6 Å². The summed E-state index contributed by atoms with van der Waals surface area (Å²) in [6, 6.07) is 10.2. The van der Waals surface area contributed by atoms with Crippen LogP contribution in [-0.2, 0) is 16.0 Å². The van der Waals surface area contributed by atoms with Gasteiger partial charge in [0, 0.05) is 30.2 Å². The van der Waals surface area contributed by atoms with E-state index >= 15 is 0 Å². The molecule has 0 unspecified atom stereocenters. The molecule has 0 aliphatic rings. The maximum Gasteiger partial charge on any atom is 0.251 e. The maximum atomic E-state index is 12.1. The molecule has 130 valence electrons. The summed E-state index contributed by atoms with van der Waals surface area (Å²) in [4.78, 5) is 39.4. The van der Waals surface area contributed by atoms with Gasteiger partial charge in [-0.05, 0) is 36.8 Å². The van der Waals surface area contributed by atoms with E-state index in [4.69, 9.17) is 0 Å². The molecule has 3 N–H and O–H groups in total. The monoisotopic (exact) mass is 340 g/mol. The topological polar surface area (TPSA) is 100 Å². The van der Waals surface area contributed by atoms with Crippen LogP contribution in [0.25, 0.3) is 0 Å². The average Bonchev–Trinajstić information content (AvgIpc) is 2.61. The van der Waals surface area contributed by atoms with Gasteiger partial charge in [0.2, 0.25) is 11.8 Å². The molecule has 0 saturated carbocycles. The molecule has 1 aromatic carbocycles. The first kappa shape index (κ1) is 18.1. The lowest BCUT2D eigenvalue weighted by Gasteiger charge is -2.08. The Morgan fingerprint density at radius 3 is 2.56 bits per heavy atom. The lowest BCUT2D eigenvalue weighted by Crippen LogP contribution is -2.35. The second-order valence-electron chi connectivity index (χ2n) is 5.47. The lowest BCUT2D eigenvalue weighted by molar-refractivity contribution is -0.119. The third-order valence-electron chi connectivity index (χ3n) is 3.43. The number of hydrogen-bond donors (Lipinski definition) is 3. The van der Waals surface area contributed by atoms with Crippen molar-refractivity contribution in [3.8, 4) is 0 Å². The number of hydrogen-bond acceptors (Lipinski definition) is 4. The number of rotatable bonds is 6. The highest BCUT2D eigenvalue weighted by atomic mass is 16.2. The molecule has 3 amide bonds. The van der Waals surface area contributed by atoms with Crippen LogP contribution in [0.5, 0.6) is 0 Å². The molecule has 7 heteroatoms. The normalized spacial score (nSPS) is 10.0. The molecule has 0 bridgehead atoms. The SMILES string of the molecule is CNC(=O)CNC(=O)c1cccc(NC(=O)Cc2ccc(C)nc2)c1. The zero-order valence-corrected chi connectivity index (χ0v) is 14.1. The largest absolute Gasteiger partial charge is 0.358 e. The Bertz CT molecular complexity index is 772. The Morgan fingerprint density at radius 1 is 1.08 bits per heavy atom. The summed E-state index contributed by atoms with van der Waals surface area (Å²) in [7, 11) is 1.49. The third kappa shape index (κ3) is 5.72. The first-order valence-corrected chi connectivity index (χ1v) is 7.78. The number of aryl methyl sites for hydroxylation is 1. The zero-order chi connectivity index (χ0) is 18.2. The standard InChI is InChI=1S/C18H20N4O3/c1-12-6-7-13(10-20-12)8-16(23)22-15-5-3-4-14(9-15)18(25)21-11-17(24)19-2/h3-7,9-10H,8,11H2,1-2H3,(H,19,24)(H,21,25)(H,22,23). The molecule has 0 fully saturated rings. The molecule has 2 rings (SSSR count). The third-order valence-corrected chi connectivity index (χ3v) is 3.43. The minimum Gasteiger partial charge on any atom is -0.358 e. The predicted molar refractivity (Wildman–Crippen MR) is 94.1 cm³/mol. The van der Waals surface area contributed by atoms with E-state index < -0.39 is 0 Å². The van der Waals surface area contributed by atoms with Gasteiger partial charge in [-0.2, -0.15) is 0 Å². The van der Waals surface area contributed by atoms with Gasteiger partial charge >= 0.3 is 0 Å². The van der Waals surface area contributed by atoms with Gasteiger partial charge in [0.05, 0.1) is 13.0 Å². The van der Waals surface area contributed by atoms with E-state index in [0.29, 0.717) is 11.3 Å². The van der Waals surface area contributed by atoms with E-state index in [9.17, 15) is 14.4 Å². The maximum absolute atomic E-state index is 12.1. The number of benzene rings is 1. The molecular formula is C18H20N4O3. The van der Waals surface area contributed by atoms with Gasteiger partial charge in [0.15, 0.2) is 0 Å². The highest BCUT2D eigenvalue weighted by molar-refractivity contribution is 5.98. The summed E-state index contributed by atoms with van der Waals surface area (Å²) >= 11 is 0. The number of likely N-dealkylation sites (N-methyl/N-ethyl adjacent to an activating group) is 1. The van der Waals surface area contributed by atoms with Gasteiger partial charge in [-0.1, -0.05) is 12.1 Å². The Morgan fingerprint density at radius 2 is 1.88 bits per heavy atom. The molecular weight excluding hydrogens is 320 g/mol. The minimum absolute atomic E-state index is 0.105. The second-order valence-corrected chi connectivity index (χ2v) is 5.47. The van der Waals surface area contributed by atoms with Crippen molar-refractivity contribution in [2.75, 3.05) is 18.9 Å². The summed E-state index contributed by atoms with van der Waals surface area (Å²) in [5, 5.41) is 7.67. The van der Waals surface area contributed by atoms with Gasteiger partial charge < -0.3 is 16.0 Å². The number of pyridine rings is 1. The van der Waals surface area contributed by atoms with Gasteiger partial charge in [-0.15, -0.1) is 0 Å². The molecule has 0 spiro atoms. The van der Waals surface area contributed by atoms with Crippen molar-refractivity contribution in [3.05, 3.63) is 59.4 Å². The summed E-state index contributed by atoms with van der Waals surface area (Å²) in [6.07, 6.45) is 1.86. The van der Waals surface area contributed by atoms with Crippen LogP contribution >= 0.6 is 0 Å². The van der Waals surface area contributed by atoms with Gasteiger partial charge in [0.1, 0.15) is 0 Å². The van der Waals surface area contributed by atoms with Crippen molar-refractivity contribution in [3.63, 3.8) is 0 Å². The van der Waals surface area contributed by atoms with Crippen LogP contribution in [0, 0.1) is 6.92 Å². The Hall–Kier alpha value is -3.22. The van der Waals surface area contributed by atoms with Gasteiger partial charge in [-0.3, -0.25) is 19.4 Å². The van der Waals surface area contributed by atoms with Gasteiger partial charge in [0.25, 0.3) is 5.91 Å². The summed E-state index contributed by atoms with van der Waals surface area (Å²) < 4.78 is 0. The molecule has 1 aromatic heterocycles. The number of carbonyl (C=O) groups is 3. The van der Waals surface area contributed by atoms with Crippen LogP contribution in [0.3, 0.4) is 0 Å². The van der Waals surface area contributed by atoms with E-state index in [2.05, 4.69) is 20.9 Å². The highest BCUT2D eigenvalue weighted by Gasteiger charge is 2.09. The molecule has 7 nitrogen and oxygen atoms in total. The van der Waals surface area contributed by atoms with Crippen LogP contribution in [0.4, 0.5) is 5.69 Å². The first-order chi connectivity index (χ1) is 12.0. The molecule has 0 aliphatic carbocycles. The van der Waals surface area contributed by atoms with Crippen LogP contribution in [0.2, 0.25) is 0 Å². The highest BCUT2D eigenvalue weighted by Crippen LogP contribution is 2.11. The van der Waals surface area contributed by atoms with E-state index in [1.165, 1.54) is 7.05 Å². The quantitative estimate of drug-likeness (QED) is 0.732. The number of carbonyl (C=O) groups excluding carboxylic acids is 3. The lowest BCUT2D eigenvalue weighted by atomic mass is 10.1.